The van der Waals surface area contributed by atoms with Crippen LogP contribution in [0, 0.1) is 17.3 Å². The van der Waals surface area contributed by atoms with Gasteiger partial charge in [0.25, 0.3) is 0 Å². The van der Waals surface area contributed by atoms with Gasteiger partial charge in [-0.3, -0.25) is 4.79 Å². The Morgan fingerprint density at radius 2 is 1.93 bits per heavy atom. The fourth-order valence-corrected chi connectivity index (χ4v) is 1.89. The Kier molecular flexibility index (Phi) is 2.65. The topological polar surface area (TPSA) is 46.5 Å². The molecular formula is C11H20O3. The number of hydrogen-bond acceptors (Lipinski definition) is 2. The van der Waals surface area contributed by atoms with Crippen LogP contribution in [0.25, 0.3) is 0 Å². The van der Waals surface area contributed by atoms with Gasteiger partial charge in [0.05, 0.1) is 18.1 Å². The molecule has 1 saturated carbocycles. The maximum absolute atomic E-state index is 10.9. The summed E-state index contributed by atoms with van der Waals surface area (Å²) in [6, 6.07) is 0. The lowest BCUT2D eigenvalue weighted by atomic mass is 10.1. The van der Waals surface area contributed by atoms with Crippen molar-refractivity contribution in [1.82, 2.24) is 0 Å². The zero-order valence-corrected chi connectivity index (χ0v) is 9.63. The van der Waals surface area contributed by atoms with Gasteiger partial charge in [-0.15, -0.1) is 0 Å². The van der Waals surface area contributed by atoms with Gasteiger partial charge < -0.3 is 9.84 Å². The Morgan fingerprint density at radius 1 is 1.43 bits per heavy atom. The second kappa shape index (κ2) is 3.23. The smallest absolute Gasteiger partial charge is 0.307 e. The number of carboxylic acids is 1. The van der Waals surface area contributed by atoms with Crippen LogP contribution in [0.4, 0.5) is 0 Å². The first-order valence-electron chi connectivity index (χ1n) is 5.03. The van der Waals surface area contributed by atoms with Gasteiger partial charge in [0.1, 0.15) is 0 Å². The average molecular weight is 200 g/mol. The molecule has 0 aromatic carbocycles. The van der Waals surface area contributed by atoms with Crippen LogP contribution in [-0.2, 0) is 9.53 Å². The first-order chi connectivity index (χ1) is 6.16. The standard InChI is InChI=1S/C11H20O3/c1-10(2,3)14-6-7-8(9(12)13)11(7,4)5/h7-8H,6H2,1-5H3,(H,12,13)/t7-,8+/m0/s1. The van der Waals surface area contributed by atoms with E-state index in [9.17, 15) is 4.79 Å². The SMILES string of the molecule is CC(C)(C)OC[C@H]1[C@H](C(=O)O)C1(C)C. The molecule has 0 saturated heterocycles. The first kappa shape index (κ1) is 11.5. The first-order valence-corrected chi connectivity index (χ1v) is 5.03. The number of carboxylic acid groups (broad SMARTS) is 1. The lowest BCUT2D eigenvalue weighted by molar-refractivity contribution is -0.139. The van der Waals surface area contributed by atoms with Gasteiger partial charge >= 0.3 is 5.97 Å². The fourth-order valence-electron chi connectivity index (χ4n) is 1.89. The molecule has 0 unspecified atom stereocenters. The molecule has 1 rings (SSSR count). The van der Waals surface area contributed by atoms with Crippen LogP contribution in [0.2, 0.25) is 0 Å². The second-order valence-corrected chi connectivity index (χ2v) is 5.67. The predicted octanol–water partition coefficient (Wildman–Crippen LogP) is 2.16. The Labute approximate surface area is 85.5 Å². The van der Waals surface area contributed by atoms with Gasteiger partial charge in [-0.1, -0.05) is 13.8 Å². The average Bonchev–Trinajstić information content (AvgIpc) is 2.47. The van der Waals surface area contributed by atoms with E-state index < -0.39 is 5.97 Å². The third-order valence-electron chi connectivity index (χ3n) is 3.01. The maximum Gasteiger partial charge on any atom is 0.307 e. The van der Waals surface area contributed by atoms with E-state index in [4.69, 9.17) is 9.84 Å². The molecule has 1 aliphatic carbocycles. The molecule has 0 aromatic rings. The molecule has 0 bridgehead atoms. The Balaban J connectivity index is 2.46. The molecule has 3 heteroatoms. The van der Waals surface area contributed by atoms with E-state index in [2.05, 4.69) is 0 Å². The van der Waals surface area contributed by atoms with Crippen molar-refractivity contribution in [3.8, 4) is 0 Å². The molecular weight excluding hydrogens is 180 g/mol. The van der Waals surface area contributed by atoms with Crippen molar-refractivity contribution in [2.24, 2.45) is 17.3 Å². The Morgan fingerprint density at radius 3 is 2.21 bits per heavy atom. The van der Waals surface area contributed by atoms with Crippen LogP contribution in [0.15, 0.2) is 0 Å². The van der Waals surface area contributed by atoms with Gasteiger partial charge in [-0.05, 0) is 26.2 Å². The summed E-state index contributed by atoms with van der Waals surface area (Å²) < 4.78 is 5.61. The monoisotopic (exact) mass is 200 g/mol. The van der Waals surface area contributed by atoms with Gasteiger partial charge in [-0.25, -0.2) is 0 Å². The predicted molar refractivity (Wildman–Crippen MR) is 54.1 cm³/mol. The summed E-state index contributed by atoms with van der Waals surface area (Å²) in [5, 5.41) is 8.93. The third kappa shape index (κ3) is 2.27. The van der Waals surface area contributed by atoms with Crippen molar-refractivity contribution in [2.45, 2.75) is 40.2 Å². The number of rotatable bonds is 3. The van der Waals surface area contributed by atoms with E-state index in [1.54, 1.807) is 0 Å². The van der Waals surface area contributed by atoms with Crippen LogP contribution < -0.4 is 0 Å². The summed E-state index contributed by atoms with van der Waals surface area (Å²) in [4.78, 5) is 10.9. The molecule has 0 spiro atoms. The van der Waals surface area contributed by atoms with E-state index >= 15 is 0 Å². The third-order valence-corrected chi connectivity index (χ3v) is 3.01. The molecule has 0 amide bonds. The normalized spacial score (nSPS) is 30.1. The van der Waals surface area contributed by atoms with Gasteiger partial charge in [0, 0.05) is 5.92 Å². The summed E-state index contributed by atoms with van der Waals surface area (Å²) in [5.74, 6) is -0.762. The Hall–Kier alpha value is -0.570. The van der Waals surface area contributed by atoms with E-state index in [0.717, 1.165) is 0 Å². The summed E-state index contributed by atoms with van der Waals surface area (Å²) in [6.07, 6.45) is 0. The van der Waals surface area contributed by atoms with Crippen LogP contribution in [0.3, 0.4) is 0 Å². The minimum atomic E-state index is -0.697. The van der Waals surface area contributed by atoms with Gasteiger partial charge in [0.15, 0.2) is 0 Å². The molecule has 0 aromatic heterocycles. The summed E-state index contributed by atoms with van der Waals surface area (Å²) in [5.41, 5.74) is -0.279. The van der Waals surface area contributed by atoms with Crippen molar-refractivity contribution < 1.29 is 14.6 Å². The Bertz CT molecular complexity index is 237. The largest absolute Gasteiger partial charge is 0.481 e. The lowest BCUT2D eigenvalue weighted by Crippen LogP contribution is -2.21. The summed E-state index contributed by atoms with van der Waals surface area (Å²) in [7, 11) is 0. The molecule has 2 atom stereocenters. The molecule has 1 N–H and O–H groups in total. The zero-order chi connectivity index (χ0) is 11.1. The molecule has 0 heterocycles. The number of carbonyl (C=O) groups is 1. The molecule has 0 radical (unpaired) electrons. The van der Waals surface area contributed by atoms with Crippen molar-refractivity contribution >= 4 is 5.97 Å². The molecule has 82 valence electrons. The van der Waals surface area contributed by atoms with Crippen molar-refractivity contribution in [2.75, 3.05) is 6.61 Å². The number of hydrogen-bond donors (Lipinski definition) is 1. The number of aliphatic carboxylic acids is 1. The highest BCUT2D eigenvalue weighted by atomic mass is 16.5. The number of ether oxygens (including phenoxy) is 1. The van der Waals surface area contributed by atoms with Crippen LogP contribution >= 0.6 is 0 Å². The van der Waals surface area contributed by atoms with Crippen LogP contribution in [-0.4, -0.2) is 23.3 Å². The highest BCUT2D eigenvalue weighted by Gasteiger charge is 2.62. The van der Waals surface area contributed by atoms with Gasteiger partial charge in [-0.2, -0.15) is 0 Å². The lowest BCUT2D eigenvalue weighted by Gasteiger charge is -2.19. The van der Waals surface area contributed by atoms with Crippen LogP contribution in [0.1, 0.15) is 34.6 Å². The molecule has 1 fully saturated rings. The minimum Gasteiger partial charge on any atom is -0.481 e. The van der Waals surface area contributed by atoms with E-state index in [-0.39, 0.29) is 22.9 Å². The fraction of sp³-hybridized carbons (Fsp3) is 0.909. The molecule has 1 aliphatic rings. The minimum absolute atomic E-state index is 0.100. The highest BCUT2D eigenvalue weighted by Crippen LogP contribution is 2.58. The molecule has 3 nitrogen and oxygen atoms in total. The maximum atomic E-state index is 10.9. The van der Waals surface area contributed by atoms with E-state index in [1.807, 2.05) is 34.6 Å². The van der Waals surface area contributed by atoms with E-state index in [0.29, 0.717) is 6.61 Å². The van der Waals surface area contributed by atoms with Crippen molar-refractivity contribution in [3.05, 3.63) is 0 Å². The van der Waals surface area contributed by atoms with Gasteiger partial charge in [0.2, 0.25) is 0 Å². The van der Waals surface area contributed by atoms with Crippen LogP contribution in [0.5, 0.6) is 0 Å². The molecule has 14 heavy (non-hydrogen) atoms. The summed E-state index contributed by atoms with van der Waals surface area (Å²) >= 11 is 0. The quantitative estimate of drug-likeness (QED) is 0.759. The highest BCUT2D eigenvalue weighted by molar-refractivity contribution is 5.75. The van der Waals surface area contributed by atoms with E-state index in [1.165, 1.54) is 0 Å². The second-order valence-electron chi connectivity index (χ2n) is 5.67. The van der Waals surface area contributed by atoms with Crippen molar-refractivity contribution in [3.63, 3.8) is 0 Å². The summed E-state index contributed by atoms with van der Waals surface area (Å²) in [6.45, 7) is 10.5. The van der Waals surface area contributed by atoms with Crippen molar-refractivity contribution in [1.29, 1.82) is 0 Å². The molecule has 0 aliphatic heterocycles. The zero-order valence-electron chi connectivity index (χ0n) is 9.63.